The summed E-state index contributed by atoms with van der Waals surface area (Å²) in [4.78, 5) is 37.2. The molecule has 2 aromatic rings. The summed E-state index contributed by atoms with van der Waals surface area (Å²) in [5.41, 5.74) is 0.835. The molecule has 3 rings (SSSR count). The van der Waals surface area contributed by atoms with E-state index >= 15 is 0 Å². The number of non-ortho nitro benzene ring substituents is 1. The molecule has 0 saturated carbocycles. The van der Waals surface area contributed by atoms with E-state index in [4.69, 9.17) is 9.26 Å². The van der Waals surface area contributed by atoms with Gasteiger partial charge in [0.05, 0.1) is 21.9 Å². The molecule has 1 N–H and O–H groups in total. The largest absolute Gasteiger partial charge is 0.452 e. The van der Waals surface area contributed by atoms with Gasteiger partial charge in [-0.15, -0.1) is 0 Å². The Labute approximate surface area is 173 Å². The molecule has 0 radical (unpaired) electrons. The highest BCUT2D eigenvalue weighted by Gasteiger charge is 2.24. The van der Waals surface area contributed by atoms with Crippen molar-refractivity contribution in [3.63, 3.8) is 0 Å². The SMILES string of the molecule is CC(C)(C)c1cc(NC(=O)COC(=O)c2cc([N+](=O)[O-])ccc2N2CCCC2)on1. The van der Waals surface area contributed by atoms with Gasteiger partial charge in [0, 0.05) is 36.7 Å². The number of nitro groups is 1. The lowest BCUT2D eigenvalue weighted by Crippen LogP contribution is -2.24. The lowest BCUT2D eigenvalue weighted by molar-refractivity contribution is -0.384. The quantitative estimate of drug-likeness (QED) is 0.432. The summed E-state index contributed by atoms with van der Waals surface area (Å²) in [5.74, 6) is -1.26. The molecule has 1 aliphatic heterocycles. The van der Waals surface area contributed by atoms with Crippen molar-refractivity contribution >= 4 is 29.1 Å². The van der Waals surface area contributed by atoms with Crippen LogP contribution in [0.25, 0.3) is 0 Å². The van der Waals surface area contributed by atoms with Crippen molar-refractivity contribution in [2.24, 2.45) is 0 Å². The first-order valence-electron chi connectivity index (χ1n) is 9.63. The molecule has 1 aromatic heterocycles. The van der Waals surface area contributed by atoms with Crippen LogP contribution in [0.5, 0.6) is 0 Å². The van der Waals surface area contributed by atoms with Gasteiger partial charge in [-0.3, -0.25) is 20.2 Å². The summed E-state index contributed by atoms with van der Waals surface area (Å²) in [6, 6.07) is 5.68. The van der Waals surface area contributed by atoms with E-state index in [-0.39, 0.29) is 22.6 Å². The van der Waals surface area contributed by atoms with Crippen LogP contribution in [0.1, 0.15) is 49.7 Å². The molecule has 2 heterocycles. The summed E-state index contributed by atoms with van der Waals surface area (Å²) in [6.07, 6.45) is 1.95. The molecular formula is C20H24N4O6. The highest BCUT2D eigenvalue weighted by Crippen LogP contribution is 2.29. The van der Waals surface area contributed by atoms with Gasteiger partial charge in [0.25, 0.3) is 11.6 Å². The van der Waals surface area contributed by atoms with E-state index in [0.717, 1.165) is 25.9 Å². The Kier molecular flexibility index (Phi) is 6.04. The van der Waals surface area contributed by atoms with E-state index < -0.39 is 23.4 Å². The van der Waals surface area contributed by atoms with E-state index in [2.05, 4.69) is 10.5 Å². The summed E-state index contributed by atoms with van der Waals surface area (Å²) in [6.45, 7) is 6.80. The number of amides is 1. The van der Waals surface area contributed by atoms with Crippen LogP contribution in [0.2, 0.25) is 0 Å². The lowest BCUT2D eigenvalue weighted by Gasteiger charge is -2.20. The third-order valence-electron chi connectivity index (χ3n) is 4.73. The van der Waals surface area contributed by atoms with E-state index in [1.807, 2.05) is 25.7 Å². The standard InChI is InChI=1S/C20H24N4O6/c1-20(2,3)16-11-18(30-22-16)21-17(25)12-29-19(26)14-10-13(24(27)28)6-7-15(14)23-8-4-5-9-23/h6-7,10-11H,4-5,8-9,12H2,1-3H3,(H,21,25). The van der Waals surface area contributed by atoms with E-state index in [1.165, 1.54) is 12.1 Å². The molecule has 30 heavy (non-hydrogen) atoms. The first-order valence-corrected chi connectivity index (χ1v) is 9.63. The Balaban J connectivity index is 1.67. The van der Waals surface area contributed by atoms with Gasteiger partial charge >= 0.3 is 5.97 Å². The van der Waals surface area contributed by atoms with Crippen LogP contribution in [0.4, 0.5) is 17.3 Å². The third kappa shape index (κ3) is 4.94. The minimum atomic E-state index is -0.802. The first-order chi connectivity index (χ1) is 14.1. The molecule has 1 aromatic carbocycles. The topological polar surface area (TPSA) is 128 Å². The van der Waals surface area contributed by atoms with Gasteiger partial charge in [0.1, 0.15) is 0 Å². The molecule has 1 aliphatic rings. The molecule has 0 unspecified atom stereocenters. The fourth-order valence-electron chi connectivity index (χ4n) is 3.10. The monoisotopic (exact) mass is 416 g/mol. The summed E-state index contributed by atoms with van der Waals surface area (Å²) >= 11 is 0. The van der Waals surface area contributed by atoms with Gasteiger partial charge in [-0.2, -0.15) is 0 Å². The Hall–Kier alpha value is -3.43. The second kappa shape index (κ2) is 8.52. The lowest BCUT2D eigenvalue weighted by atomic mass is 9.92. The van der Waals surface area contributed by atoms with Crippen LogP contribution >= 0.6 is 0 Å². The number of ether oxygens (including phenoxy) is 1. The molecule has 10 heteroatoms. The van der Waals surface area contributed by atoms with Crippen molar-refractivity contribution in [3.8, 4) is 0 Å². The van der Waals surface area contributed by atoms with Crippen molar-refractivity contribution in [1.82, 2.24) is 5.16 Å². The fourth-order valence-corrected chi connectivity index (χ4v) is 3.10. The Morgan fingerprint density at radius 1 is 1.27 bits per heavy atom. The third-order valence-corrected chi connectivity index (χ3v) is 4.73. The van der Waals surface area contributed by atoms with Crippen molar-refractivity contribution in [1.29, 1.82) is 0 Å². The highest BCUT2D eigenvalue weighted by molar-refractivity contribution is 5.99. The van der Waals surface area contributed by atoms with Crippen LogP contribution in [-0.2, 0) is 14.9 Å². The number of carbonyl (C=O) groups excluding carboxylic acids is 2. The normalized spacial score (nSPS) is 13.9. The number of benzene rings is 1. The number of nitrogens with zero attached hydrogens (tertiary/aromatic N) is 3. The first kappa shape index (κ1) is 21.3. The van der Waals surface area contributed by atoms with E-state index in [9.17, 15) is 19.7 Å². The Morgan fingerprint density at radius 3 is 2.57 bits per heavy atom. The smallest absolute Gasteiger partial charge is 0.341 e. The predicted molar refractivity (Wildman–Crippen MR) is 109 cm³/mol. The molecular weight excluding hydrogens is 392 g/mol. The average Bonchev–Trinajstić information content (AvgIpc) is 3.37. The fraction of sp³-hybridized carbons (Fsp3) is 0.450. The molecule has 1 amide bonds. The number of anilines is 2. The summed E-state index contributed by atoms with van der Waals surface area (Å²) in [7, 11) is 0. The van der Waals surface area contributed by atoms with Crippen LogP contribution in [0.15, 0.2) is 28.8 Å². The molecule has 0 aliphatic carbocycles. The Morgan fingerprint density at radius 2 is 1.97 bits per heavy atom. The minimum absolute atomic E-state index is 0.0635. The molecule has 0 atom stereocenters. The van der Waals surface area contributed by atoms with Gasteiger partial charge in [-0.05, 0) is 18.9 Å². The number of esters is 1. The van der Waals surface area contributed by atoms with Crippen LogP contribution < -0.4 is 10.2 Å². The van der Waals surface area contributed by atoms with Crippen LogP contribution in [0, 0.1) is 10.1 Å². The molecule has 0 bridgehead atoms. The van der Waals surface area contributed by atoms with Crippen molar-refractivity contribution in [2.45, 2.75) is 39.0 Å². The zero-order chi connectivity index (χ0) is 21.9. The maximum atomic E-state index is 12.6. The zero-order valence-electron chi connectivity index (χ0n) is 17.1. The average molecular weight is 416 g/mol. The van der Waals surface area contributed by atoms with Crippen molar-refractivity contribution in [2.75, 3.05) is 29.9 Å². The zero-order valence-corrected chi connectivity index (χ0v) is 17.1. The van der Waals surface area contributed by atoms with Gasteiger partial charge in [0.15, 0.2) is 6.61 Å². The maximum absolute atomic E-state index is 12.6. The number of aromatic nitrogens is 1. The van der Waals surface area contributed by atoms with E-state index in [0.29, 0.717) is 11.4 Å². The van der Waals surface area contributed by atoms with Gasteiger partial charge in [0.2, 0.25) is 5.88 Å². The van der Waals surface area contributed by atoms with Crippen molar-refractivity contribution in [3.05, 3.63) is 45.6 Å². The predicted octanol–water partition coefficient (Wildman–Crippen LogP) is 3.28. The number of carbonyl (C=O) groups is 2. The summed E-state index contributed by atoms with van der Waals surface area (Å²) < 4.78 is 10.2. The molecule has 0 spiro atoms. The number of nitrogens with one attached hydrogen (secondary N) is 1. The second-order valence-corrected chi connectivity index (χ2v) is 8.10. The van der Waals surface area contributed by atoms with Gasteiger partial charge in [-0.1, -0.05) is 25.9 Å². The number of nitro benzene ring substituents is 1. The Bertz CT molecular complexity index is 956. The van der Waals surface area contributed by atoms with Crippen LogP contribution in [-0.4, -0.2) is 41.7 Å². The second-order valence-electron chi connectivity index (χ2n) is 8.10. The number of hydrogen-bond acceptors (Lipinski definition) is 8. The number of hydrogen-bond donors (Lipinski definition) is 1. The minimum Gasteiger partial charge on any atom is -0.452 e. The van der Waals surface area contributed by atoms with Crippen LogP contribution in [0.3, 0.4) is 0 Å². The molecule has 1 saturated heterocycles. The van der Waals surface area contributed by atoms with Gasteiger partial charge in [-0.25, -0.2) is 4.79 Å². The highest BCUT2D eigenvalue weighted by atomic mass is 16.6. The molecule has 10 nitrogen and oxygen atoms in total. The van der Waals surface area contributed by atoms with E-state index in [1.54, 1.807) is 12.1 Å². The summed E-state index contributed by atoms with van der Waals surface area (Å²) in [5, 5.41) is 17.5. The van der Waals surface area contributed by atoms with Gasteiger partial charge < -0.3 is 14.2 Å². The molecule has 160 valence electrons. The number of rotatable bonds is 6. The van der Waals surface area contributed by atoms with Crippen molar-refractivity contribution < 1.29 is 23.8 Å². The maximum Gasteiger partial charge on any atom is 0.341 e. The molecule has 1 fully saturated rings.